The Hall–Kier alpha value is -5.97. The van der Waals surface area contributed by atoms with E-state index in [1.165, 1.54) is 38.5 Å². The van der Waals surface area contributed by atoms with Crippen LogP contribution in [0.2, 0.25) is 0 Å². The SMILES string of the molecule is CCc1cccc2cc(O)cc(-c3ncc4c(N5CC6CCC(C5)N6)nc(OCC5(CN6CCC(N7CCC8(CCN(c9ccc%10c(c9)CN(C9CCC(=O)NC9=O)C%10=O)CC8)CC7)CC6)CC5)nc4c3F)c12. The van der Waals surface area contributed by atoms with Crippen molar-refractivity contribution in [3.05, 3.63) is 77.2 Å². The lowest BCUT2D eigenvalue weighted by atomic mass is 9.71. The number of nitrogens with one attached hydrogen (secondary N) is 2. The summed E-state index contributed by atoms with van der Waals surface area (Å²) in [5.74, 6) is -0.565. The molecule has 3 atom stereocenters. The first-order valence-electron chi connectivity index (χ1n) is 27.2. The summed E-state index contributed by atoms with van der Waals surface area (Å²) in [5, 5.41) is 19.2. The first kappa shape index (κ1) is 46.8. The summed E-state index contributed by atoms with van der Waals surface area (Å²) in [6.07, 6.45) is 14.7. The molecular formula is C57H67FN10O5. The number of benzene rings is 3. The Bertz CT molecular complexity index is 3000. The van der Waals surface area contributed by atoms with E-state index in [9.17, 15) is 19.5 Å². The van der Waals surface area contributed by atoms with Crippen LogP contribution in [-0.4, -0.2) is 142 Å². The van der Waals surface area contributed by atoms with Crippen LogP contribution in [0.4, 0.5) is 15.9 Å². The van der Waals surface area contributed by atoms with Gasteiger partial charge in [-0.3, -0.25) is 24.7 Å². The topological polar surface area (TPSA) is 160 Å². The minimum Gasteiger partial charge on any atom is -0.508 e. The number of imide groups is 1. The van der Waals surface area contributed by atoms with Crippen molar-refractivity contribution < 1.29 is 28.6 Å². The van der Waals surface area contributed by atoms with Crippen LogP contribution in [0.3, 0.4) is 0 Å². The Balaban J connectivity index is 0.629. The van der Waals surface area contributed by atoms with E-state index in [1.807, 2.05) is 24.3 Å². The van der Waals surface area contributed by atoms with Crippen molar-refractivity contribution in [2.45, 2.75) is 121 Å². The van der Waals surface area contributed by atoms with Gasteiger partial charge < -0.3 is 39.7 Å². The Morgan fingerprint density at radius 2 is 1.60 bits per heavy atom. The fraction of sp³-hybridized carbons (Fsp3) is 0.544. The molecule has 7 fully saturated rings. The number of aromatic nitrogens is 3. The summed E-state index contributed by atoms with van der Waals surface area (Å²) >= 11 is 0. The second-order valence-corrected chi connectivity index (χ2v) is 23.0. The Kier molecular flexibility index (Phi) is 11.8. The summed E-state index contributed by atoms with van der Waals surface area (Å²) in [6, 6.07) is 16.4. The van der Waals surface area contributed by atoms with Gasteiger partial charge in [-0.25, -0.2) is 4.39 Å². The van der Waals surface area contributed by atoms with Crippen LogP contribution >= 0.6 is 0 Å². The molecule has 1 aliphatic carbocycles. The summed E-state index contributed by atoms with van der Waals surface area (Å²) in [6.45, 7) is 12.0. The Morgan fingerprint density at radius 1 is 0.836 bits per heavy atom. The van der Waals surface area contributed by atoms with E-state index in [2.05, 4.69) is 49.3 Å². The molecule has 73 heavy (non-hydrogen) atoms. The normalized spacial score (nSPS) is 25.3. The van der Waals surface area contributed by atoms with E-state index in [1.54, 1.807) is 23.2 Å². The zero-order valence-corrected chi connectivity index (χ0v) is 42.0. The van der Waals surface area contributed by atoms with Gasteiger partial charge in [0.05, 0.1) is 12.0 Å². The molecule has 382 valence electrons. The smallest absolute Gasteiger partial charge is 0.319 e. The minimum absolute atomic E-state index is 0.0260. The van der Waals surface area contributed by atoms with Gasteiger partial charge in [-0.2, -0.15) is 9.97 Å². The molecule has 6 saturated heterocycles. The number of ether oxygens (including phenoxy) is 1. The van der Waals surface area contributed by atoms with E-state index < -0.39 is 11.9 Å². The van der Waals surface area contributed by atoms with Gasteiger partial charge in [-0.15, -0.1) is 0 Å². The molecule has 3 amide bonds. The molecule has 3 aromatic carbocycles. The van der Waals surface area contributed by atoms with Crippen molar-refractivity contribution in [2.75, 3.05) is 75.3 Å². The van der Waals surface area contributed by atoms with Gasteiger partial charge in [-0.05, 0) is 161 Å². The summed E-state index contributed by atoms with van der Waals surface area (Å²) in [7, 11) is 0. The van der Waals surface area contributed by atoms with Crippen LogP contribution in [0.5, 0.6) is 11.8 Å². The lowest BCUT2D eigenvalue weighted by Crippen LogP contribution is -2.52. The molecule has 8 aliphatic rings. The van der Waals surface area contributed by atoms with Crippen LogP contribution in [0, 0.1) is 16.6 Å². The number of phenols is 1. The fourth-order valence-corrected chi connectivity index (χ4v) is 14.0. The van der Waals surface area contributed by atoms with Crippen molar-refractivity contribution in [1.82, 2.24) is 40.3 Å². The quantitative estimate of drug-likeness (QED) is 0.117. The number of aromatic hydroxyl groups is 1. The molecule has 3 unspecified atom stereocenters. The Morgan fingerprint density at radius 3 is 2.34 bits per heavy atom. The van der Waals surface area contributed by atoms with Crippen molar-refractivity contribution in [3.63, 3.8) is 0 Å². The van der Waals surface area contributed by atoms with Gasteiger partial charge in [-0.1, -0.05) is 25.1 Å². The highest BCUT2D eigenvalue weighted by Gasteiger charge is 2.47. The molecule has 13 rings (SSSR count). The third kappa shape index (κ3) is 8.74. The molecule has 1 saturated carbocycles. The van der Waals surface area contributed by atoms with Crippen LogP contribution in [0.25, 0.3) is 32.9 Å². The highest BCUT2D eigenvalue weighted by Crippen LogP contribution is 2.48. The molecule has 3 N–H and O–H groups in total. The number of hydrogen-bond donors (Lipinski definition) is 3. The number of rotatable bonds is 11. The molecule has 7 aliphatic heterocycles. The van der Waals surface area contributed by atoms with Crippen molar-refractivity contribution >= 4 is 50.9 Å². The van der Waals surface area contributed by atoms with E-state index in [0.29, 0.717) is 65.4 Å². The van der Waals surface area contributed by atoms with E-state index in [0.717, 1.165) is 119 Å². The number of nitrogens with zero attached hydrogens (tertiary/aromatic N) is 8. The summed E-state index contributed by atoms with van der Waals surface area (Å²) < 4.78 is 23.8. The van der Waals surface area contributed by atoms with Crippen molar-refractivity contribution in [2.24, 2.45) is 10.8 Å². The third-order valence-corrected chi connectivity index (χ3v) is 18.5. The first-order chi connectivity index (χ1) is 35.5. The molecule has 2 bridgehead atoms. The van der Waals surface area contributed by atoms with Gasteiger partial charge in [0.2, 0.25) is 11.8 Å². The molecule has 16 heteroatoms. The number of piperidine rings is 4. The number of halogens is 1. The zero-order valence-electron chi connectivity index (χ0n) is 42.0. The van der Waals surface area contributed by atoms with Gasteiger partial charge >= 0.3 is 6.01 Å². The average molecular weight is 991 g/mol. The second-order valence-electron chi connectivity index (χ2n) is 23.0. The summed E-state index contributed by atoms with van der Waals surface area (Å²) in [5.41, 5.74) is 5.15. The monoisotopic (exact) mass is 991 g/mol. The lowest BCUT2D eigenvalue weighted by molar-refractivity contribution is -0.136. The highest BCUT2D eigenvalue weighted by atomic mass is 19.1. The molecule has 0 radical (unpaired) electrons. The molecule has 2 aromatic heterocycles. The molecule has 9 heterocycles. The number of amides is 3. The predicted molar refractivity (Wildman–Crippen MR) is 277 cm³/mol. The fourth-order valence-electron chi connectivity index (χ4n) is 14.0. The number of fused-ring (bicyclic) bond motifs is 5. The average Bonchev–Trinajstić information content (AvgIpc) is 3.98. The maximum atomic E-state index is 17.2. The number of phenolic OH excluding ortho intramolecular Hbond substituents is 1. The highest BCUT2D eigenvalue weighted by molar-refractivity contribution is 6.06. The van der Waals surface area contributed by atoms with Crippen LogP contribution < -0.4 is 25.2 Å². The first-order valence-corrected chi connectivity index (χ1v) is 27.2. The van der Waals surface area contributed by atoms with E-state index >= 15 is 4.39 Å². The third-order valence-electron chi connectivity index (χ3n) is 18.5. The minimum atomic E-state index is -0.597. The maximum absolute atomic E-state index is 17.2. The van der Waals surface area contributed by atoms with Crippen LogP contribution in [0.1, 0.15) is 105 Å². The Labute approximate surface area is 425 Å². The number of carbonyl (C=O) groups excluding carboxylic acids is 3. The van der Waals surface area contributed by atoms with Gasteiger partial charge in [0.1, 0.15) is 28.8 Å². The number of anilines is 2. The molecule has 1 spiro atoms. The van der Waals surface area contributed by atoms with E-state index in [-0.39, 0.29) is 52.5 Å². The van der Waals surface area contributed by atoms with Crippen LogP contribution in [-0.2, 0) is 22.6 Å². The van der Waals surface area contributed by atoms with Crippen molar-refractivity contribution in [3.8, 4) is 23.0 Å². The standard InChI is InChI=1S/C57H67FN10O5/c1-2-35-4-3-5-36-27-42(69)28-44(48(35)36)50-49(58)51-45(29-59-50)52(67-31-38-6-7-39(32-67)60-38)63-55(62-51)73-34-57(14-15-57)33-64-20-12-40(13-21-64)65-22-16-56(17-23-65)18-24-66(25-19-56)41-8-9-43-37(26-41)30-68(54(43)72)46-10-11-47(70)61-53(46)71/h3-5,8-9,26-29,38-40,46,60,69H,2,6-7,10-25,30-34H2,1H3,(H,61,70,71). The van der Waals surface area contributed by atoms with E-state index in [4.69, 9.17) is 19.7 Å². The largest absolute Gasteiger partial charge is 0.508 e. The van der Waals surface area contributed by atoms with Gasteiger partial charge in [0, 0.05) is 92.2 Å². The number of aryl methyl sites for hydroxylation is 1. The van der Waals surface area contributed by atoms with Crippen LogP contribution in [0.15, 0.2) is 54.7 Å². The lowest BCUT2D eigenvalue weighted by Gasteiger charge is -2.50. The molecular weight excluding hydrogens is 924 g/mol. The predicted octanol–water partition coefficient (Wildman–Crippen LogP) is 6.96. The number of pyridine rings is 1. The summed E-state index contributed by atoms with van der Waals surface area (Å²) in [4.78, 5) is 64.0. The number of carbonyl (C=O) groups is 3. The molecule has 15 nitrogen and oxygen atoms in total. The van der Waals surface area contributed by atoms with Crippen molar-refractivity contribution in [1.29, 1.82) is 0 Å². The number of hydrogen-bond acceptors (Lipinski definition) is 13. The molecule has 5 aromatic rings. The van der Waals surface area contributed by atoms with Gasteiger partial charge in [0.25, 0.3) is 5.91 Å². The maximum Gasteiger partial charge on any atom is 0.319 e. The number of piperazine rings is 1. The zero-order chi connectivity index (χ0) is 49.6. The van der Waals surface area contributed by atoms with Gasteiger partial charge in [0.15, 0.2) is 5.82 Å². The number of likely N-dealkylation sites (tertiary alicyclic amines) is 2. The second kappa shape index (κ2) is 18.4.